The summed E-state index contributed by atoms with van der Waals surface area (Å²) in [4.78, 5) is 0. The van der Waals surface area contributed by atoms with E-state index in [1.54, 1.807) is 6.07 Å². The summed E-state index contributed by atoms with van der Waals surface area (Å²) in [7, 11) is -3.16. The third-order valence-corrected chi connectivity index (χ3v) is 4.68. The summed E-state index contributed by atoms with van der Waals surface area (Å²) < 4.78 is 49.0. The van der Waals surface area contributed by atoms with Gasteiger partial charge in [0.25, 0.3) is 0 Å². The number of nitrogens with zero attached hydrogens (tertiary/aromatic N) is 1. The van der Waals surface area contributed by atoms with Crippen LogP contribution in [0.1, 0.15) is 19.8 Å². The highest BCUT2D eigenvalue weighted by atomic mass is 32.2. The largest absolute Gasteiger partial charge is 0.494 e. The Labute approximate surface area is 124 Å². The van der Waals surface area contributed by atoms with Gasteiger partial charge in [0.15, 0.2) is 11.6 Å². The van der Waals surface area contributed by atoms with Crippen LogP contribution in [0.2, 0.25) is 0 Å². The van der Waals surface area contributed by atoms with E-state index in [-0.39, 0.29) is 11.9 Å². The normalized spacial score (nSPS) is 17.7. The van der Waals surface area contributed by atoms with Gasteiger partial charge in [0.2, 0.25) is 10.0 Å². The molecule has 0 bridgehead atoms. The van der Waals surface area contributed by atoms with Gasteiger partial charge < -0.3 is 9.47 Å². The van der Waals surface area contributed by atoms with E-state index in [1.807, 2.05) is 6.92 Å². The zero-order valence-corrected chi connectivity index (χ0v) is 13.0. The number of benzene rings is 1. The van der Waals surface area contributed by atoms with Crippen molar-refractivity contribution in [3.05, 3.63) is 24.0 Å². The number of piperidine rings is 1. The molecule has 5 nitrogen and oxygen atoms in total. The third-order valence-electron chi connectivity index (χ3n) is 3.38. The minimum Gasteiger partial charge on any atom is -0.494 e. The quantitative estimate of drug-likeness (QED) is 0.834. The van der Waals surface area contributed by atoms with Crippen LogP contribution in [0.5, 0.6) is 11.5 Å². The molecule has 1 aliphatic rings. The Hall–Kier alpha value is -1.34. The first kappa shape index (κ1) is 16.0. The molecule has 1 heterocycles. The predicted molar refractivity (Wildman–Crippen MR) is 77.6 cm³/mol. The molecule has 1 aliphatic heterocycles. The molecule has 0 aliphatic carbocycles. The minimum atomic E-state index is -3.16. The van der Waals surface area contributed by atoms with Crippen LogP contribution in [0, 0.1) is 5.82 Å². The molecule has 0 amide bonds. The van der Waals surface area contributed by atoms with Crippen molar-refractivity contribution < 1.29 is 22.3 Å². The van der Waals surface area contributed by atoms with Gasteiger partial charge in [-0.3, -0.25) is 0 Å². The minimum absolute atomic E-state index is 0.152. The number of hydrogen-bond donors (Lipinski definition) is 0. The Morgan fingerprint density at radius 1 is 1.33 bits per heavy atom. The first-order valence-corrected chi connectivity index (χ1v) is 8.79. The maximum absolute atomic E-state index is 13.7. The average molecular weight is 317 g/mol. The lowest BCUT2D eigenvalue weighted by Gasteiger charge is -2.30. The van der Waals surface area contributed by atoms with Gasteiger partial charge in [-0.1, -0.05) is 0 Å². The molecule has 0 aromatic heterocycles. The predicted octanol–water partition coefficient (Wildman–Crippen LogP) is 2.03. The van der Waals surface area contributed by atoms with Crippen molar-refractivity contribution in [3.63, 3.8) is 0 Å². The fourth-order valence-corrected chi connectivity index (χ4v) is 3.17. The fourth-order valence-electron chi connectivity index (χ4n) is 2.29. The van der Waals surface area contributed by atoms with Crippen LogP contribution in [0.3, 0.4) is 0 Å². The van der Waals surface area contributed by atoms with E-state index >= 15 is 0 Å². The molecule has 1 saturated heterocycles. The molecule has 0 unspecified atom stereocenters. The van der Waals surface area contributed by atoms with E-state index in [2.05, 4.69) is 0 Å². The Morgan fingerprint density at radius 2 is 2.00 bits per heavy atom. The van der Waals surface area contributed by atoms with Crippen LogP contribution in [-0.2, 0) is 10.0 Å². The first-order valence-electron chi connectivity index (χ1n) is 6.94. The number of rotatable bonds is 5. The third kappa shape index (κ3) is 4.31. The number of sulfonamides is 1. The van der Waals surface area contributed by atoms with Gasteiger partial charge in [-0.05, 0) is 31.9 Å². The average Bonchev–Trinajstić information content (AvgIpc) is 2.42. The zero-order valence-electron chi connectivity index (χ0n) is 12.2. The Bertz CT molecular complexity index is 583. The summed E-state index contributed by atoms with van der Waals surface area (Å²) in [5, 5.41) is 0. The Balaban J connectivity index is 1.99. The van der Waals surface area contributed by atoms with Crippen molar-refractivity contribution in [1.82, 2.24) is 4.31 Å². The molecule has 1 fully saturated rings. The highest BCUT2D eigenvalue weighted by Gasteiger charge is 2.26. The Morgan fingerprint density at radius 3 is 2.57 bits per heavy atom. The maximum Gasteiger partial charge on any atom is 0.211 e. The molecule has 1 aromatic rings. The standard InChI is InChI=1S/C14H20FNO4S/c1-3-19-12-4-5-13(15)14(10-12)20-11-6-8-16(9-7-11)21(2,17)18/h4-5,10-11H,3,6-9H2,1-2H3. The molecule has 1 aromatic carbocycles. The van der Waals surface area contributed by atoms with E-state index < -0.39 is 15.8 Å². The lowest BCUT2D eigenvalue weighted by atomic mass is 10.1. The molecule has 0 spiro atoms. The summed E-state index contributed by atoms with van der Waals surface area (Å²) in [6.07, 6.45) is 2.10. The van der Waals surface area contributed by atoms with Crippen LogP contribution < -0.4 is 9.47 Å². The van der Waals surface area contributed by atoms with Gasteiger partial charge in [0, 0.05) is 19.2 Å². The van der Waals surface area contributed by atoms with Gasteiger partial charge in [-0.25, -0.2) is 17.1 Å². The summed E-state index contributed by atoms with van der Waals surface area (Å²) in [5.74, 6) is 0.269. The van der Waals surface area contributed by atoms with Crippen molar-refractivity contribution in [3.8, 4) is 11.5 Å². The first-order chi connectivity index (χ1) is 9.90. The molecule has 7 heteroatoms. The molecule has 0 atom stereocenters. The monoisotopic (exact) mass is 317 g/mol. The second-order valence-corrected chi connectivity index (χ2v) is 6.99. The maximum atomic E-state index is 13.7. The Kier molecular flexibility index (Phi) is 5.05. The zero-order chi connectivity index (χ0) is 15.5. The summed E-state index contributed by atoms with van der Waals surface area (Å²) in [6.45, 7) is 3.15. The molecule has 2 rings (SSSR count). The highest BCUT2D eigenvalue weighted by Crippen LogP contribution is 2.27. The molecular weight excluding hydrogens is 297 g/mol. The molecule has 118 valence electrons. The SMILES string of the molecule is CCOc1ccc(F)c(OC2CCN(S(C)(=O)=O)CC2)c1. The smallest absolute Gasteiger partial charge is 0.211 e. The number of halogens is 1. The van der Waals surface area contributed by atoms with Crippen LogP contribution >= 0.6 is 0 Å². The van der Waals surface area contributed by atoms with Crippen LogP contribution in [0.4, 0.5) is 4.39 Å². The van der Waals surface area contributed by atoms with Crippen molar-refractivity contribution >= 4 is 10.0 Å². The summed E-state index contributed by atoms with van der Waals surface area (Å²) in [6, 6.07) is 4.39. The van der Waals surface area contributed by atoms with E-state index in [0.29, 0.717) is 38.3 Å². The van der Waals surface area contributed by atoms with E-state index in [0.717, 1.165) is 0 Å². The van der Waals surface area contributed by atoms with Crippen LogP contribution in [0.25, 0.3) is 0 Å². The molecule has 0 saturated carbocycles. The van der Waals surface area contributed by atoms with Crippen LogP contribution in [0.15, 0.2) is 18.2 Å². The molecular formula is C14H20FNO4S. The van der Waals surface area contributed by atoms with E-state index in [9.17, 15) is 12.8 Å². The van der Waals surface area contributed by atoms with Gasteiger partial charge in [0.05, 0.1) is 12.9 Å². The van der Waals surface area contributed by atoms with Crippen molar-refractivity contribution in [2.75, 3.05) is 26.0 Å². The summed E-state index contributed by atoms with van der Waals surface area (Å²) in [5.41, 5.74) is 0. The molecule has 0 N–H and O–H groups in total. The lowest BCUT2D eigenvalue weighted by Crippen LogP contribution is -2.41. The summed E-state index contributed by atoms with van der Waals surface area (Å²) >= 11 is 0. The highest BCUT2D eigenvalue weighted by molar-refractivity contribution is 7.88. The number of ether oxygens (including phenoxy) is 2. The van der Waals surface area contributed by atoms with Crippen LogP contribution in [-0.4, -0.2) is 44.8 Å². The lowest BCUT2D eigenvalue weighted by molar-refractivity contribution is 0.130. The van der Waals surface area contributed by atoms with E-state index in [1.165, 1.54) is 22.7 Å². The molecule has 21 heavy (non-hydrogen) atoms. The molecule has 0 radical (unpaired) electrons. The second kappa shape index (κ2) is 6.62. The van der Waals surface area contributed by atoms with Gasteiger partial charge in [-0.15, -0.1) is 0 Å². The number of hydrogen-bond acceptors (Lipinski definition) is 4. The van der Waals surface area contributed by atoms with Crippen molar-refractivity contribution in [2.45, 2.75) is 25.9 Å². The van der Waals surface area contributed by atoms with Gasteiger partial charge >= 0.3 is 0 Å². The topological polar surface area (TPSA) is 55.8 Å². The second-order valence-electron chi connectivity index (χ2n) is 5.00. The van der Waals surface area contributed by atoms with E-state index in [4.69, 9.17) is 9.47 Å². The van der Waals surface area contributed by atoms with Crippen molar-refractivity contribution in [1.29, 1.82) is 0 Å². The fraction of sp³-hybridized carbons (Fsp3) is 0.571. The van der Waals surface area contributed by atoms with Gasteiger partial charge in [0.1, 0.15) is 11.9 Å². The van der Waals surface area contributed by atoms with Gasteiger partial charge in [-0.2, -0.15) is 0 Å². The van der Waals surface area contributed by atoms with Crippen molar-refractivity contribution in [2.24, 2.45) is 0 Å².